The summed E-state index contributed by atoms with van der Waals surface area (Å²) in [6.07, 6.45) is 4.32. The van der Waals surface area contributed by atoms with Crippen LogP contribution in [-0.2, 0) is 24.5 Å². The van der Waals surface area contributed by atoms with E-state index in [1.54, 1.807) is 12.1 Å². The highest BCUT2D eigenvalue weighted by Crippen LogP contribution is 2.34. The summed E-state index contributed by atoms with van der Waals surface area (Å²) in [7, 11) is -1.52. The fourth-order valence-corrected chi connectivity index (χ4v) is 1.62. The molecule has 0 aliphatic heterocycles. The lowest BCUT2D eigenvalue weighted by molar-refractivity contribution is -0.220. The molecule has 0 aliphatic carbocycles. The Kier molecular flexibility index (Phi) is 7.50. The summed E-state index contributed by atoms with van der Waals surface area (Å²) in [6, 6.07) is 7.36. The molecular weight excluding hydrogens is 263 g/mol. The van der Waals surface area contributed by atoms with Gasteiger partial charge < -0.3 is 19.0 Å². The quantitative estimate of drug-likeness (QED) is 0.668. The van der Waals surface area contributed by atoms with Crippen LogP contribution in [0.1, 0.15) is 0 Å². The summed E-state index contributed by atoms with van der Waals surface area (Å²) in [5, 5.41) is 8.94. The maximum absolute atomic E-state index is 9.95. The van der Waals surface area contributed by atoms with Gasteiger partial charge in [-0.3, -0.25) is 4.57 Å². The Labute approximate surface area is 104 Å². The Morgan fingerprint density at radius 1 is 1.18 bits per heavy atom. The minimum Gasteiger partial charge on any atom is -0.756 e. The van der Waals surface area contributed by atoms with Crippen molar-refractivity contribution in [2.24, 2.45) is 0 Å². The Bertz CT molecular complexity index is 357. The number of hydrogen-bond acceptors (Lipinski definition) is 5. The van der Waals surface area contributed by atoms with E-state index in [2.05, 4.69) is 21.6 Å². The number of phosphoric ester groups is 1. The molecule has 0 bridgehead atoms. The molecule has 0 fully saturated rings. The molecule has 0 spiro atoms. The second kappa shape index (κ2) is 7.74. The van der Waals surface area contributed by atoms with E-state index >= 15 is 0 Å². The largest absolute Gasteiger partial charge is 0.756 e. The number of phenols is 1. The van der Waals surface area contributed by atoms with E-state index in [-0.39, 0.29) is 0 Å². The molecule has 0 aliphatic rings. The van der Waals surface area contributed by atoms with Crippen LogP contribution in [0.3, 0.4) is 0 Å². The van der Waals surface area contributed by atoms with Gasteiger partial charge in [0.15, 0.2) is 4.90 Å². The number of phenolic OH excluding ortho intramolecular Hbond substituents is 1. The van der Waals surface area contributed by atoms with Crippen molar-refractivity contribution in [3.8, 4) is 5.75 Å². The number of rotatable bonds is 3. The van der Waals surface area contributed by atoms with E-state index in [0.717, 1.165) is 14.2 Å². The molecule has 0 atom stereocenters. The van der Waals surface area contributed by atoms with Crippen molar-refractivity contribution in [1.29, 1.82) is 0 Å². The molecule has 0 amide bonds. The molecule has 0 heterocycles. The average Bonchev–Trinajstić information content (AvgIpc) is 2.30. The fourth-order valence-electron chi connectivity index (χ4n) is 0.793. The third-order valence-corrected chi connectivity index (χ3v) is 3.86. The van der Waals surface area contributed by atoms with Gasteiger partial charge in [-0.05, 0) is 24.3 Å². The van der Waals surface area contributed by atoms with Gasteiger partial charge in [0.1, 0.15) is 18.3 Å². The van der Waals surface area contributed by atoms with Crippen molar-refractivity contribution in [3.63, 3.8) is 0 Å². The first-order chi connectivity index (χ1) is 7.82. The van der Waals surface area contributed by atoms with Gasteiger partial charge >= 0.3 is 0 Å². The van der Waals surface area contributed by atoms with E-state index in [4.69, 9.17) is 5.11 Å². The molecule has 0 aromatic heterocycles. The van der Waals surface area contributed by atoms with E-state index in [1.807, 2.05) is 12.1 Å². The smallest absolute Gasteiger partial charge is 0.267 e. The Hall–Kier alpha value is -0.520. The monoisotopic (exact) mass is 280 g/mol. The minimum atomic E-state index is -3.90. The van der Waals surface area contributed by atoms with Gasteiger partial charge in [0.05, 0.1) is 0 Å². The summed E-state index contributed by atoms with van der Waals surface area (Å²) >= 11 is 0. The first-order valence-corrected chi connectivity index (χ1v) is 8.11. The predicted molar refractivity (Wildman–Crippen MR) is 67.2 cm³/mol. The predicted octanol–water partition coefficient (Wildman–Crippen LogP) is 1.38. The van der Waals surface area contributed by atoms with Gasteiger partial charge in [-0.1, -0.05) is 0 Å². The van der Waals surface area contributed by atoms with Crippen molar-refractivity contribution in [2.75, 3.05) is 26.7 Å². The minimum absolute atomic E-state index is 0.302. The van der Waals surface area contributed by atoms with E-state index in [1.165, 1.54) is 4.90 Å². The first-order valence-electron chi connectivity index (χ1n) is 4.61. The summed E-state index contributed by atoms with van der Waals surface area (Å²) in [4.78, 5) is 11.2. The van der Waals surface area contributed by atoms with Gasteiger partial charge in [0.25, 0.3) is 7.82 Å². The molecule has 17 heavy (non-hydrogen) atoms. The van der Waals surface area contributed by atoms with Crippen molar-refractivity contribution in [2.45, 2.75) is 4.90 Å². The Balaban J connectivity index is 0.000000325. The van der Waals surface area contributed by atoms with Crippen LogP contribution in [-0.4, -0.2) is 31.8 Å². The van der Waals surface area contributed by atoms with Gasteiger partial charge in [0, 0.05) is 25.1 Å². The number of phosphoric acid groups is 1. The van der Waals surface area contributed by atoms with Crippen LogP contribution >= 0.6 is 7.82 Å². The summed E-state index contributed by atoms with van der Waals surface area (Å²) in [5.41, 5.74) is 0. The fraction of sp³-hybridized carbons (Fsp3) is 0.400. The van der Waals surface area contributed by atoms with Gasteiger partial charge in [-0.15, -0.1) is 0 Å². The van der Waals surface area contributed by atoms with Crippen molar-refractivity contribution < 1.29 is 23.6 Å². The Morgan fingerprint density at radius 3 is 1.82 bits per heavy atom. The SMILES string of the molecule is COP(=O)([O-])OC.C[S+](C)c1ccc(O)cc1. The molecule has 1 rings (SSSR count). The maximum Gasteiger partial charge on any atom is 0.267 e. The van der Waals surface area contributed by atoms with E-state index in [9.17, 15) is 9.46 Å². The molecule has 0 saturated carbocycles. The standard InChI is InChI=1S/C8H10OS.C2H7O4P/c1-10(2)8-5-3-7(9)4-6-8;1-5-7(3,4)6-2/h3-6H,1-2H3;1-2H3,(H,3,4). The lowest BCUT2D eigenvalue weighted by atomic mass is 10.3. The summed E-state index contributed by atoms with van der Waals surface area (Å²) in [5.74, 6) is 0.342. The van der Waals surface area contributed by atoms with Crippen molar-refractivity contribution in [1.82, 2.24) is 0 Å². The van der Waals surface area contributed by atoms with Gasteiger partial charge in [0.2, 0.25) is 0 Å². The highest BCUT2D eigenvalue weighted by molar-refractivity contribution is 7.95. The van der Waals surface area contributed by atoms with Crippen LogP contribution in [0, 0.1) is 0 Å². The lowest BCUT2D eigenvalue weighted by Crippen LogP contribution is -2.02. The van der Waals surface area contributed by atoms with Crippen LogP contribution < -0.4 is 4.89 Å². The number of aromatic hydroxyl groups is 1. The zero-order valence-electron chi connectivity index (χ0n) is 10.2. The second-order valence-electron chi connectivity index (χ2n) is 3.12. The van der Waals surface area contributed by atoms with E-state index < -0.39 is 7.82 Å². The molecule has 98 valence electrons. The Morgan fingerprint density at radius 2 is 1.59 bits per heavy atom. The molecule has 1 N–H and O–H groups in total. The van der Waals surface area contributed by atoms with Crippen LogP contribution in [0.25, 0.3) is 0 Å². The van der Waals surface area contributed by atoms with Crippen molar-refractivity contribution >= 4 is 18.7 Å². The maximum atomic E-state index is 9.95. The highest BCUT2D eigenvalue weighted by Gasteiger charge is 2.05. The lowest BCUT2D eigenvalue weighted by Gasteiger charge is -2.16. The molecule has 5 nitrogen and oxygen atoms in total. The molecule has 0 unspecified atom stereocenters. The number of hydrogen-bond donors (Lipinski definition) is 1. The summed E-state index contributed by atoms with van der Waals surface area (Å²) < 4.78 is 17.7. The third kappa shape index (κ3) is 7.41. The molecule has 0 saturated heterocycles. The topological polar surface area (TPSA) is 78.8 Å². The summed E-state index contributed by atoms with van der Waals surface area (Å²) in [6.45, 7) is 0. The third-order valence-electron chi connectivity index (χ3n) is 1.76. The number of benzene rings is 1. The second-order valence-corrected chi connectivity index (χ2v) is 6.85. The van der Waals surface area contributed by atoms with Crippen LogP contribution in [0.5, 0.6) is 5.75 Å². The van der Waals surface area contributed by atoms with Gasteiger partial charge in [-0.25, -0.2) is 0 Å². The molecule has 1 aromatic rings. The normalized spacial score (nSPS) is 10.9. The first kappa shape index (κ1) is 16.5. The van der Waals surface area contributed by atoms with Gasteiger partial charge in [-0.2, -0.15) is 0 Å². The highest BCUT2D eigenvalue weighted by atomic mass is 32.2. The zero-order valence-corrected chi connectivity index (χ0v) is 12.0. The molecule has 1 aromatic carbocycles. The molecule has 7 heteroatoms. The van der Waals surface area contributed by atoms with Crippen LogP contribution in [0.4, 0.5) is 0 Å². The van der Waals surface area contributed by atoms with Crippen LogP contribution in [0.2, 0.25) is 0 Å². The molecule has 0 radical (unpaired) electrons. The molecular formula is C10H17O5PS. The van der Waals surface area contributed by atoms with E-state index in [0.29, 0.717) is 16.6 Å². The van der Waals surface area contributed by atoms with Crippen LogP contribution in [0.15, 0.2) is 29.2 Å². The average molecular weight is 280 g/mol. The zero-order chi connectivity index (χ0) is 13.5. The van der Waals surface area contributed by atoms with Crippen molar-refractivity contribution in [3.05, 3.63) is 24.3 Å².